The summed E-state index contributed by atoms with van der Waals surface area (Å²) in [6.07, 6.45) is 2.00. The maximum absolute atomic E-state index is 11.7. The van der Waals surface area contributed by atoms with E-state index in [4.69, 9.17) is 10.5 Å². The van der Waals surface area contributed by atoms with Gasteiger partial charge in [0.25, 0.3) is 0 Å². The minimum atomic E-state index is -0.470. The number of rotatable bonds is 5. The largest absolute Gasteiger partial charge is 0.496 e. The van der Waals surface area contributed by atoms with Gasteiger partial charge in [-0.1, -0.05) is 6.07 Å². The Balaban J connectivity index is 2.82. The van der Waals surface area contributed by atoms with Gasteiger partial charge in [-0.05, 0) is 30.9 Å². The molecular formula is C13H20N2O2S. The predicted molar refractivity (Wildman–Crippen MR) is 74.9 cm³/mol. The van der Waals surface area contributed by atoms with E-state index in [1.54, 1.807) is 37.7 Å². The molecule has 0 radical (unpaired) electrons. The Bertz CT molecular complexity index is 421. The highest BCUT2D eigenvalue weighted by Gasteiger charge is 2.14. The molecule has 5 heteroatoms. The highest BCUT2D eigenvalue weighted by atomic mass is 32.2. The minimum Gasteiger partial charge on any atom is -0.496 e. The summed E-state index contributed by atoms with van der Waals surface area (Å²) >= 11 is 1.63. The first-order valence-electron chi connectivity index (χ1n) is 5.71. The molecular weight excluding hydrogens is 248 g/mol. The standard InChI is InChI=1S/C13H20N2O2S/c1-9(14)13(16)15(2)8-10-5-6-12(18-4)11(7-10)17-3/h5-7,9H,8,14H2,1-4H3/t9-/m1/s1. The molecule has 1 aromatic rings. The van der Waals surface area contributed by atoms with Crippen LogP contribution in [0.4, 0.5) is 0 Å². The van der Waals surface area contributed by atoms with Gasteiger partial charge in [-0.2, -0.15) is 0 Å². The van der Waals surface area contributed by atoms with Crippen molar-refractivity contribution in [1.82, 2.24) is 4.90 Å². The van der Waals surface area contributed by atoms with E-state index in [-0.39, 0.29) is 5.91 Å². The van der Waals surface area contributed by atoms with Crippen LogP contribution in [0.5, 0.6) is 5.75 Å². The lowest BCUT2D eigenvalue weighted by Gasteiger charge is -2.20. The van der Waals surface area contributed by atoms with Gasteiger partial charge in [0.1, 0.15) is 5.75 Å². The lowest BCUT2D eigenvalue weighted by molar-refractivity contribution is -0.131. The summed E-state index contributed by atoms with van der Waals surface area (Å²) in [7, 11) is 3.40. The molecule has 0 heterocycles. The fourth-order valence-electron chi connectivity index (χ4n) is 1.68. The maximum atomic E-state index is 11.7. The normalized spacial score (nSPS) is 12.1. The van der Waals surface area contributed by atoms with Crippen molar-refractivity contribution < 1.29 is 9.53 Å². The van der Waals surface area contributed by atoms with Crippen LogP contribution in [-0.4, -0.2) is 37.3 Å². The Morgan fingerprint density at radius 2 is 2.22 bits per heavy atom. The van der Waals surface area contributed by atoms with Crippen molar-refractivity contribution in [2.24, 2.45) is 5.73 Å². The third kappa shape index (κ3) is 3.65. The van der Waals surface area contributed by atoms with E-state index in [2.05, 4.69) is 0 Å². The van der Waals surface area contributed by atoms with E-state index in [1.807, 2.05) is 24.5 Å². The highest BCUT2D eigenvalue weighted by molar-refractivity contribution is 7.98. The number of benzene rings is 1. The fraction of sp³-hybridized carbons (Fsp3) is 0.462. The van der Waals surface area contributed by atoms with Gasteiger partial charge in [0, 0.05) is 18.5 Å². The second-order valence-electron chi connectivity index (χ2n) is 4.17. The summed E-state index contributed by atoms with van der Waals surface area (Å²) in [5.74, 6) is 0.768. The first-order chi connectivity index (χ1) is 8.49. The first-order valence-corrected chi connectivity index (χ1v) is 6.93. The lowest BCUT2D eigenvalue weighted by Crippen LogP contribution is -2.39. The van der Waals surface area contributed by atoms with E-state index in [0.29, 0.717) is 6.54 Å². The van der Waals surface area contributed by atoms with Crippen molar-refractivity contribution >= 4 is 17.7 Å². The summed E-state index contributed by atoms with van der Waals surface area (Å²) in [6.45, 7) is 2.22. The zero-order valence-electron chi connectivity index (χ0n) is 11.3. The number of carbonyl (C=O) groups is 1. The second-order valence-corrected chi connectivity index (χ2v) is 5.02. The third-order valence-electron chi connectivity index (χ3n) is 2.63. The van der Waals surface area contributed by atoms with Gasteiger partial charge in [-0.3, -0.25) is 4.79 Å². The zero-order valence-corrected chi connectivity index (χ0v) is 12.1. The van der Waals surface area contributed by atoms with Gasteiger partial charge in [-0.15, -0.1) is 11.8 Å². The van der Waals surface area contributed by atoms with E-state index < -0.39 is 6.04 Å². The number of hydrogen-bond donors (Lipinski definition) is 1. The van der Waals surface area contributed by atoms with Crippen molar-refractivity contribution in [3.8, 4) is 5.75 Å². The van der Waals surface area contributed by atoms with Crippen LogP contribution in [0.25, 0.3) is 0 Å². The fourth-order valence-corrected chi connectivity index (χ4v) is 2.23. The number of methoxy groups -OCH3 is 1. The smallest absolute Gasteiger partial charge is 0.239 e. The average molecular weight is 268 g/mol. The molecule has 0 unspecified atom stereocenters. The van der Waals surface area contributed by atoms with Gasteiger partial charge in [0.15, 0.2) is 0 Å². The zero-order chi connectivity index (χ0) is 13.7. The second kappa shape index (κ2) is 6.66. The third-order valence-corrected chi connectivity index (χ3v) is 3.41. The molecule has 0 aromatic heterocycles. The van der Waals surface area contributed by atoms with Gasteiger partial charge >= 0.3 is 0 Å². The highest BCUT2D eigenvalue weighted by Crippen LogP contribution is 2.28. The number of hydrogen-bond acceptors (Lipinski definition) is 4. The Morgan fingerprint density at radius 1 is 1.56 bits per heavy atom. The monoisotopic (exact) mass is 268 g/mol. The number of carbonyl (C=O) groups excluding carboxylic acids is 1. The molecule has 1 amide bonds. The molecule has 0 aliphatic heterocycles. The molecule has 2 N–H and O–H groups in total. The molecule has 1 rings (SSSR count). The molecule has 1 aromatic carbocycles. The van der Waals surface area contributed by atoms with Crippen LogP contribution in [-0.2, 0) is 11.3 Å². The minimum absolute atomic E-state index is 0.0668. The lowest BCUT2D eigenvalue weighted by atomic mass is 10.2. The van der Waals surface area contributed by atoms with Crippen molar-refractivity contribution in [2.45, 2.75) is 24.4 Å². The molecule has 0 spiro atoms. The van der Waals surface area contributed by atoms with Gasteiger partial charge in [0.2, 0.25) is 5.91 Å². The molecule has 18 heavy (non-hydrogen) atoms. The molecule has 0 bridgehead atoms. The quantitative estimate of drug-likeness (QED) is 0.826. The van der Waals surface area contributed by atoms with Gasteiger partial charge in [0.05, 0.1) is 13.2 Å². The molecule has 4 nitrogen and oxygen atoms in total. The Hall–Kier alpha value is -1.20. The first kappa shape index (κ1) is 14.9. The summed E-state index contributed by atoms with van der Waals surface area (Å²) in [4.78, 5) is 14.4. The van der Waals surface area contributed by atoms with E-state index in [1.165, 1.54) is 0 Å². The van der Waals surface area contributed by atoms with E-state index in [9.17, 15) is 4.79 Å². The Morgan fingerprint density at radius 3 is 2.72 bits per heavy atom. The summed E-state index contributed by atoms with van der Waals surface area (Å²) in [5.41, 5.74) is 6.60. The number of likely N-dealkylation sites (N-methyl/N-ethyl adjacent to an activating group) is 1. The Kier molecular flexibility index (Phi) is 5.50. The van der Waals surface area contributed by atoms with Crippen LogP contribution in [0.3, 0.4) is 0 Å². The van der Waals surface area contributed by atoms with Crippen molar-refractivity contribution in [1.29, 1.82) is 0 Å². The van der Waals surface area contributed by atoms with Crippen LogP contribution >= 0.6 is 11.8 Å². The van der Waals surface area contributed by atoms with Crippen LogP contribution < -0.4 is 10.5 Å². The number of nitrogens with two attached hydrogens (primary N) is 1. The predicted octanol–water partition coefficient (Wildman–Crippen LogP) is 1.72. The van der Waals surface area contributed by atoms with Crippen molar-refractivity contribution in [2.75, 3.05) is 20.4 Å². The number of nitrogens with zero attached hydrogens (tertiary/aromatic N) is 1. The summed E-state index contributed by atoms with van der Waals surface area (Å²) in [5, 5.41) is 0. The maximum Gasteiger partial charge on any atom is 0.239 e. The topological polar surface area (TPSA) is 55.6 Å². The summed E-state index contributed by atoms with van der Waals surface area (Å²) in [6, 6.07) is 5.49. The molecule has 0 fully saturated rings. The van der Waals surface area contributed by atoms with Crippen LogP contribution in [0.2, 0.25) is 0 Å². The number of ether oxygens (including phenoxy) is 1. The molecule has 0 aliphatic rings. The van der Waals surface area contributed by atoms with Crippen molar-refractivity contribution in [3.63, 3.8) is 0 Å². The number of amides is 1. The average Bonchev–Trinajstić information content (AvgIpc) is 2.37. The Labute approximate surface area is 112 Å². The van der Waals surface area contributed by atoms with E-state index in [0.717, 1.165) is 16.2 Å². The van der Waals surface area contributed by atoms with E-state index >= 15 is 0 Å². The van der Waals surface area contributed by atoms with Crippen LogP contribution in [0.15, 0.2) is 23.1 Å². The summed E-state index contributed by atoms with van der Waals surface area (Å²) < 4.78 is 5.32. The van der Waals surface area contributed by atoms with Crippen LogP contribution in [0.1, 0.15) is 12.5 Å². The number of thioether (sulfide) groups is 1. The van der Waals surface area contributed by atoms with Crippen molar-refractivity contribution in [3.05, 3.63) is 23.8 Å². The molecule has 1 atom stereocenters. The van der Waals surface area contributed by atoms with Crippen LogP contribution in [0, 0.1) is 0 Å². The molecule has 0 aliphatic carbocycles. The molecule has 100 valence electrons. The van der Waals surface area contributed by atoms with Gasteiger partial charge < -0.3 is 15.4 Å². The van der Waals surface area contributed by atoms with Gasteiger partial charge in [-0.25, -0.2) is 0 Å². The SMILES string of the molecule is COc1cc(CN(C)C(=O)[C@@H](C)N)ccc1SC. The molecule has 0 saturated heterocycles. The molecule has 0 saturated carbocycles.